The monoisotopic (exact) mass is 234 g/mol. The minimum atomic E-state index is -1.27. The molecule has 0 amide bonds. The van der Waals surface area contributed by atoms with Crippen LogP contribution in [0.25, 0.3) is 0 Å². The fourth-order valence-electron chi connectivity index (χ4n) is 1.22. The van der Waals surface area contributed by atoms with E-state index in [1.54, 1.807) is 0 Å². The van der Waals surface area contributed by atoms with Gasteiger partial charge < -0.3 is 14.6 Å². The molecule has 0 unspecified atom stereocenters. The molecular weight excluding hydrogens is 224 g/mol. The second-order valence-electron chi connectivity index (χ2n) is 2.97. The number of carbonyl (C=O) groups is 2. The minimum absolute atomic E-state index is 0.247. The van der Waals surface area contributed by atoms with Gasteiger partial charge in [-0.3, -0.25) is 4.79 Å². The van der Waals surface area contributed by atoms with Gasteiger partial charge in [0.2, 0.25) is 0 Å². The average molecular weight is 234 g/mol. The quantitative estimate of drug-likeness (QED) is 0.622. The van der Waals surface area contributed by atoms with Crippen molar-refractivity contribution in [2.45, 2.75) is 0 Å². The lowest BCUT2D eigenvalue weighted by molar-refractivity contribution is -0.130. The zero-order valence-electron chi connectivity index (χ0n) is 9.31. The summed E-state index contributed by atoms with van der Waals surface area (Å²) < 4.78 is 10.0. The molecule has 88 valence electrons. The van der Waals surface area contributed by atoms with E-state index >= 15 is 0 Å². The molecule has 0 aliphatic heterocycles. The molecule has 1 aromatic rings. The van der Waals surface area contributed by atoms with E-state index in [9.17, 15) is 9.59 Å². The highest BCUT2D eigenvalue weighted by atomic mass is 16.5. The van der Waals surface area contributed by atoms with Crippen LogP contribution in [0.4, 0.5) is 0 Å². The van der Waals surface area contributed by atoms with Crippen LogP contribution in [0.15, 0.2) is 12.1 Å². The first-order valence-electron chi connectivity index (χ1n) is 4.58. The summed E-state index contributed by atoms with van der Waals surface area (Å²) in [6, 6.07) is 2.90. The highest BCUT2D eigenvalue weighted by molar-refractivity contribution is 5.89. The molecular formula is C12H10O5. The first-order chi connectivity index (χ1) is 8.12. The van der Waals surface area contributed by atoms with Gasteiger partial charge in [-0.2, -0.15) is 0 Å². The van der Waals surface area contributed by atoms with Crippen molar-refractivity contribution in [2.75, 3.05) is 14.2 Å². The summed E-state index contributed by atoms with van der Waals surface area (Å²) in [5.74, 6) is 3.81. The maximum absolute atomic E-state index is 10.8. The number of methoxy groups -OCH3 is 2. The molecule has 1 rings (SSSR count). The van der Waals surface area contributed by atoms with Crippen LogP contribution < -0.4 is 9.47 Å². The molecule has 5 nitrogen and oxygen atoms in total. The smallest absolute Gasteiger partial charge is 0.382 e. The summed E-state index contributed by atoms with van der Waals surface area (Å²) in [6.45, 7) is 0. The number of carboxylic acids is 1. The summed E-state index contributed by atoms with van der Waals surface area (Å²) in [5, 5.41) is 8.45. The third-order valence-corrected chi connectivity index (χ3v) is 1.99. The van der Waals surface area contributed by atoms with Crippen molar-refractivity contribution in [3.8, 4) is 23.3 Å². The molecule has 0 heterocycles. The molecule has 17 heavy (non-hydrogen) atoms. The van der Waals surface area contributed by atoms with Crippen molar-refractivity contribution in [2.24, 2.45) is 0 Å². The lowest BCUT2D eigenvalue weighted by Crippen LogP contribution is -1.96. The Labute approximate surface area is 98.0 Å². The standard InChI is InChI=1S/C12H10O5/c1-16-10-5-8(3-4-12(14)15)9(7-13)6-11(10)17-2/h5-7H,1-2H3,(H,14,15). The van der Waals surface area contributed by atoms with Crippen molar-refractivity contribution < 1.29 is 24.2 Å². The fraction of sp³-hybridized carbons (Fsp3) is 0.167. The van der Waals surface area contributed by atoms with Gasteiger partial charge in [-0.1, -0.05) is 5.92 Å². The molecule has 0 radical (unpaired) electrons. The number of benzene rings is 1. The van der Waals surface area contributed by atoms with Crippen LogP contribution in [0, 0.1) is 11.8 Å². The summed E-state index contributed by atoms with van der Waals surface area (Å²) in [6.07, 6.45) is 0.577. The molecule has 0 aliphatic carbocycles. The van der Waals surface area contributed by atoms with Crippen LogP contribution in [0.1, 0.15) is 15.9 Å². The van der Waals surface area contributed by atoms with E-state index < -0.39 is 5.97 Å². The zero-order valence-corrected chi connectivity index (χ0v) is 9.31. The van der Waals surface area contributed by atoms with Gasteiger partial charge in [0, 0.05) is 23.1 Å². The van der Waals surface area contributed by atoms with Gasteiger partial charge in [-0.15, -0.1) is 0 Å². The number of hydrogen-bond donors (Lipinski definition) is 1. The number of aldehydes is 1. The Balaban J connectivity index is 3.35. The van der Waals surface area contributed by atoms with Crippen molar-refractivity contribution in [3.63, 3.8) is 0 Å². The van der Waals surface area contributed by atoms with Crippen molar-refractivity contribution >= 4 is 12.3 Å². The van der Waals surface area contributed by atoms with Gasteiger partial charge in [0.25, 0.3) is 0 Å². The highest BCUT2D eigenvalue weighted by Crippen LogP contribution is 2.29. The van der Waals surface area contributed by atoms with Crippen LogP contribution in [0.2, 0.25) is 0 Å². The van der Waals surface area contributed by atoms with Gasteiger partial charge in [-0.05, 0) is 6.07 Å². The summed E-state index contributed by atoms with van der Waals surface area (Å²) in [5.41, 5.74) is 0.524. The second kappa shape index (κ2) is 5.56. The zero-order chi connectivity index (χ0) is 12.8. The number of rotatable bonds is 3. The topological polar surface area (TPSA) is 72.8 Å². The lowest BCUT2D eigenvalue weighted by Gasteiger charge is -2.08. The van der Waals surface area contributed by atoms with Crippen molar-refractivity contribution in [1.82, 2.24) is 0 Å². The Hall–Kier alpha value is -2.48. The molecule has 0 atom stereocenters. The predicted molar refractivity (Wildman–Crippen MR) is 59.4 cm³/mol. The fourth-order valence-corrected chi connectivity index (χ4v) is 1.22. The molecule has 5 heteroatoms. The molecule has 0 aliphatic rings. The lowest BCUT2D eigenvalue weighted by atomic mass is 10.1. The largest absolute Gasteiger partial charge is 0.493 e. The highest BCUT2D eigenvalue weighted by Gasteiger charge is 2.09. The summed E-state index contributed by atoms with van der Waals surface area (Å²) in [4.78, 5) is 21.2. The van der Waals surface area contributed by atoms with E-state index in [0.717, 1.165) is 0 Å². The Morgan fingerprint density at radius 2 is 1.88 bits per heavy atom. The maximum Gasteiger partial charge on any atom is 0.382 e. The second-order valence-corrected chi connectivity index (χ2v) is 2.97. The van der Waals surface area contributed by atoms with Gasteiger partial charge in [0.15, 0.2) is 17.8 Å². The van der Waals surface area contributed by atoms with Crippen LogP contribution in [-0.2, 0) is 4.79 Å². The van der Waals surface area contributed by atoms with Crippen molar-refractivity contribution in [3.05, 3.63) is 23.3 Å². The van der Waals surface area contributed by atoms with E-state index in [1.165, 1.54) is 26.4 Å². The summed E-state index contributed by atoms with van der Waals surface area (Å²) >= 11 is 0. The maximum atomic E-state index is 10.8. The first kappa shape index (κ1) is 12.6. The average Bonchev–Trinajstić information content (AvgIpc) is 2.34. The first-order valence-corrected chi connectivity index (χ1v) is 4.58. The molecule has 0 spiro atoms. The van der Waals surface area contributed by atoms with E-state index in [0.29, 0.717) is 17.8 Å². The van der Waals surface area contributed by atoms with E-state index in [2.05, 4.69) is 5.92 Å². The van der Waals surface area contributed by atoms with Gasteiger partial charge in [0.05, 0.1) is 14.2 Å². The number of carbonyl (C=O) groups excluding carboxylic acids is 1. The molecule has 1 N–H and O–H groups in total. The van der Waals surface area contributed by atoms with Gasteiger partial charge in [-0.25, -0.2) is 4.79 Å². The Bertz CT molecular complexity index is 508. The number of carboxylic acid groups (broad SMARTS) is 1. The molecule has 0 bridgehead atoms. The van der Waals surface area contributed by atoms with Crippen LogP contribution in [0.5, 0.6) is 11.5 Å². The van der Waals surface area contributed by atoms with E-state index in [-0.39, 0.29) is 11.1 Å². The van der Waals surface area contributed by atoms with Crippen LogP contribution in [-0.4, -0.2) is 31.6 Å². The van der Waals surface area contributed by atoms with Crippen LogP contribution >= 0.6 is 0 Å². The van der Waals surface area contributed by atoms with Crippen LogP contribution in [0.3, 0.4) is 0 Å². The molecule has 0 fully saturated rings. The third-order valence-electron chi connectivity index (χ3n) is 1.99. The number of aliphatic carboxylic acids is 1. The SMILES string of the molecule is COc1cc(C#CC(=O)O)c(C=O)cc1OC. The van der Waals surface area contributed by atoms with E-state index in [1.807, 2.05) is 5.92 Å². The van der Waals surface area contributed by atoms with E-state index in [4.69, 9.17) is 14.6 Å². The van der Waals surface area contributed by atoms with Gasteiger partial charge >= 0.3 is 5.97 Å². The Morgan fingerprint density at radius 1 is 1.29 bits per heavy atom. The molecule has 0 saturated heterocycles. The number of ether oxygens (including phenoxy) is 2. The Kier molecular flexibility index (Phi) is 4.12. The molecule has 1 aromatic carbocycles. The summed E-state index contributed by atoms with van der Waals surface area (Å²) in [7, 11) is 2.88. The molecule has 0 aromatic heterocycles. The number of hydrogen-bond acceptors (Lipinski definition) is 4. The van der Waals surface area contributed by atoms with Gasteiger partial charge in [0.1, 0.15) is 0 Å². The predicted octanol–water partition coefficient (Wildman–Crippen LogP) is 0.952. The normalized spacial score (nSPS) is 8.82. The third kappa shape index (κ3) is 2.98. The minimum Gasteiger partial charge on any atom is -0.493 e. The van der Waals surface area contributed by atoms with Crippen molar-refractivity contribution in [1.29, 1.82) is 0 Å². The molecule has 0 saturated carbocycles. The Morgan fingerprint density at radius 3 is 2.35 bits per heavy atom.